The Labute approximate surface area is 102 Å². The molecule has 0 fully saturated rings. The molecule has 0 aliphatic heterocycles. The quantitative estimate of drug-likeness (QED) is 0.756. The molecule has 17 heavy (non-hydrogen) atoms. The second-order valence-corrected chi connectivity index (χ2v) is 4.80. The molecule has 1 atom stereocenters. The third kappa shape index (κ3) is 6.78. The van der Waals surface area contributed by atoms with Crippen molar-refractivity contribution in [3.05, 3.63) is 0 Å². The number of nitrogens with one attached hydrogen (secondary N) is 1. The molecule has 6 heteroatoms. The number of rotatable bonds is 4. The lowest BCUT2D eigenvalue weighted by atomic mass is 10.1. The number of hydrogen-bond donors (Lipinski definition) is 1. The maximum atomic E-state index is 11.6. The molecule has 1 N–H and O–H groups in total. The van der Waals surface area contributed by atoms with E-state index in [9.17, 15) is 9.59 Å². The monoisotopic (exact) mass is 246 g/mol. The lowest BCUT2D eigenvalue weighted by Gasteiger charge is -2.22. The van der Waals surface area contributed by atoms with Crippen LogP contribution < -0.4 is 5.32 Å². The highest BCUT2D eigenvalue weighted by Gasteiger charge is 2.20. The van der Waals surface area contributed by atoms with E-state index >= 15 is 0 Å². The molecule has 0 aliphatic rings. The van der Waals surface area contributed by atoms with Gasteiger partial charge in [0.05, 0.1) is 13.0 Å². The summed E-state index contributed by atoms with van der Waals surface area (Å²) in [5, 5.41) is 3.66. The fourth-order valence-electron chi connectivity index (χ4n) is 1.04. The minimum Gasteiger partial charge on any atom is -0.444 e. The van der Waals surface area contributed by atoms with Crippen LogP contribution in [0.25, 0.3) is 0 Å². The molecule has 0 aromatic heterocycles. The summed E-state index contributed by atoms with van der Waals surface area (Å²) in [6.07, 6.45) is -0.530. The second kappa shape index (κ2) is 6.44. The van der Waals surface area contributed by atoms with Gasteiger partial charge in [-0.3, -0.25) is 9.63 Å². The highest BCUT2D eigenvalue weighted by Crippen LogP contribution is 2.07. The van der Waals surface area contributed by atoms with Gasteiger partial charge in [0.1, 0.15) is 5.60 Å². The van der Waals surface area contributed by atoms with E-state index in [1.807, 2.05) is 0 Å². The molecule has 0 bridgehead atoms. The van der Waals surface area contributed by atoms with Crippen molar-refractivity contribution in [1.29, 1.82) is 0 Å². The van der Waals surface area contributed by atoms with Gasteiger partial charge in [0, 0.05) is 13.6 Å². The molecule has 6 nitrogen and oxygen atoms in total. The number of hydroxylamine groups is 2. The summed E-state index contributed by atoms with van der Waals surface area (Å²) in [6, 6.07) is 0. The van der Waals surface area contributed by atoms with Crippen molar-refractivity contribution < 1.29 is 19.2 Å². The van der Waals surface area contributed by atoms with Crippen LogP contribution >= 0.6 is 0 Å². The molecule has 100 valence electrons. The Hall–Kier alpha value is -1.30. The van der Waals surface area contributed by atoms with Crippen molar-refractivity contribution in [2.24, 2.45) is 5.92 Å². The van der Waals surface area contributed by atoms with Crippen molar-refractivity contribution in [3.8, 4) is 0 Å². The van der Waals surface area contributed by atoms with E-state index in [4.69, 9.17) is 9.57 Å². The molecule has 0 radical (unpaired) electrons. The van der Waals surface area contributed by atoms with E-state index in [1.165, 1.54) is 14.2 Å². The number of alkyl carbamates (subject to hydrolysis) is 1. The highest BCUT2D eigenvalue weighted by molar-refractivity contribution is 5.78. The SMILES string of the molecule is CON(C)C(=O)[C@H](C)CNC(=O)OC(C)(C)C. The van der Waals surface area contributed by atoms with Crippen LogP contribution in [0, 0.1) is 5.92 Å². The second-order valence-electron chi connectivity index (χ2n) is 4.80. The number of amides is 2. The first kappa shape index (κ1) is 15.7. The van der Waals surface area contributed by atoms with E-state index in [-0.39, 0.29) is 18.4 Å². The average molecular weight is 246 g/mol. The third-order valence-electron chi connectivity index (χ3n) is 1.96. The zero-order valence-electron chi connectivity index (χ0n) is 11.4. The fourth-order valence-corrected chi connectivity index (χ4v) is 1.04. The van der Waals surface area contributed by atoms with Crippen LogP contribution in [0.1, 0.15) is 27.7 Å². The molecule has 0 saturated heterocycles. The summed E-state index contributed by atoms with van der Waals surface area (Å²) in [7, 11) is 2.93. The fraction of sp³-hybridized carbons (Fsp3) is 0.818. The van der Waals surface area contributed by atoms with Gasteiger partial charge in [-0.2, -0.15) is 0 Å². The molecule has 0 aromatic carbocycles. The van der Waals surface area contributed by atoms with Gasteiger partial charge < -0.3 is 10.1 Å². The minimum absolute atomic E-state index is 0.205. The van der Waals surface area contributed by atoms with Crippen molar-refractivity contribution in [2.75, 3.05) is 20.7 Å². The first-order valence-electron chi connectivity index (χ1n) is 5.46. The number of hydrogen-bond acceptors (Lipinski definition) is 4. The first-order valence-corrected chi connectivity index (χ1v) is 5.46. The van der Waals surface area contributed by atoms with Gasteiger partial charge in [-0.1, -0.05) is 6.92 Å². The van der Waals surface area contributed by atoms with E-state index in [2.05, 4.69) is 5.32 Å². The van der Waals surface area contributed by atoms with Crippen LogP contribution in [0.5, 0.6) is 0 Å². The summed E-state index contributed by atoms with van der Waals surface area (Å²) in [5.41, 5.74) is -0.541. The summed E-state index contributed by atoms with van der Waals surface area (Å²) in [4.78, 5) is 27.7. The Morgan fingerprint density at radius 2 is 1.88 bits per heavy atom. The van der Waals surface area contributed by atoms with Crippen LogP contribution in [-0.2, 0) is 14.4 Å². The predicted octanol–water partition coefficient (Wildman–Crippen LogP) is 1.17. The Balaban J connectivity index is 4.04. The van der Waals surface area contributed by atoms with Crippen molar-refractivity contribution in [2.45, 2.75) is 33.3 Å². The van der Waals surface area contributed by atoms with Gasteiger partial charge >= 0.3 is 6.09 Å². The van der Waals surface area contributed by atoms with Crippen LogP contribution in [-0.4, -0.2) is 43.4 Å². The van der Waals surface area contributed by atoms with E-state index < -0.39 is 11.7 Å². The van der Waals surface area contributed by atoms with Crippen LogP contribution in [0.4, 0.5) is 4.79 Å². The van der Waals surface area contributed by atoms with Crippen molar-refractivity contribution in [1.82, 2.24) is 10.4 Å². The molecule has 0 rings (SSSR count). The average Bonchev–Trinajstić information content (AvgIpc) is 2.21. The van der Waals surface area contributed by atoms with Crippen LogP contribution in [0.2, 0.25) is 0 Å². The summed E-state index contributed by atoms with van der Waals surface area (Å²) in [5.74, 6) is -0.573. The van der Waals surface area contributed by atoms with Crippen LogP contribution in [0.15, 0.2) is 0 Å². The molecule has 0 saturated carbocycles. The molecule has 0 heterocycles. The van der Waals surface area contributed by atoms with Gasteiger partial charge in [0.25, 0.3) is 0 Å². The molecule has 2 amide bonds. The van der Waals surface area contributed by atoms with E-state index in [0.29, 0.717) is 0 Å². The lowest BCUT2D eigenvalue weighted by Crippen LogP contribution is -2.40. The Kier molecular flexibility index (Phi) is 5.95. The first-order chi connectivity index (χ1) is 7.67. The Morgan fingerprint density at radius 1 is 1.35 bits per heavy atom. The molecule has 0 spiro atoms. The van der Waals surface area contributed by atoms with Crippen LogP contribution in [0.3, 0.4) is 0 Å². The van der Waals surface area contributed by atoms with E-state index in [1.54, 1.807) is 27.7 Å². The van der Waals surface area contributed by atoms with E-state index in [0.717, 1.165) is 5.06 Å². The summed E-state index contributed by atoms with van der Waals surface area (Å²) >= 11 is 0. The van der Waals surface area contributed by atoms with Crippen molar-refractivity contribution in [3.63, 3.8) is 0 Å². The largest absolute Gasteiger partial charge is 0.444 e. The smallest absolute Gasteiger partial charge is 0.407 e. The molecule has 0 aliphatic carbocycles. The zero-order valence-corrected chi connectivity index (χ0v) is 11.4. The molecular formula is C11H22N2O4. The number of carbonyl (C=O) groups is 2. The molecule has 0 unspecified atom stereocenters. The Bertz CT molecular complexity index is 273. The predicted molar refractivity (Wildman–Crippen MR) is 63.2 cm³/mol. The molecular weight excluding hydrogens is 224 g/mol. The third-order valence-corrected chi connectivity index (χ3v) is 1.96. The van der Waals surface area contributed by atoms with Gasteiger partial charge in [-0.15, -0.1) is 0 Å². The van der Waals surface area contributed by atoms with Gasteiger partial charge in [-0.05, 0) is 20.8 Å². The topological polar surface area (TPSA) is 67.9 Å². The maximum absolute atomic E-state index is 11.6. The van der Waals surface area contributed by atoms with Gasteiger partial charge in [0.2, 0.25) is 5.91 Å². The lowest BCUT2D eigenvalue weighted by molar-refractivity contribution is -0.172. The Morgan fingerprint density at radius 3 is 2.29 bits per heavy atom. The summed E-state index contributed by atoms with van der Waals surface area (Å²) in [6.45, 7) is 7.25. The minimum atomic E-state index is -0.541. The van der Waals surface area contributed by atoms with Gasteiger partial charge in [0.15, 0.2) is 0 Å². The zero-order chi connectivity index (χ0) is 13.6. The standard InChI is InChI=1S/C11H22N2O4/c1-8(9(14)13(5)16-6)7-12-10(15)17-11(2,3)4/h8H,7H2,1-6H3,(H,12,15)/t8-/m1/s1. The maximum Gasteiger partial charge on any atom is 0.407 e. The summed E-state index contributed by atoms with van der Waals surface area (Å²) < 4.78 is 5.05. The number of nitrogens with zero attached hydrogens (tertiary/aromatic N) is 1. The highest BCUT2D eigenvalue weighted by atomic mass is 16.7. The van der Waals surface area contributed by atoms with Gasteiger partial charge in [-0.25, -0.2) is 9.86 Å². The van der Waals surface area contributed by atoms with Crippen molar-refractivity contribution >= 4 is 12.0 Å². The number of ether oxygens (including phenoxy) is 1. The normalized spacial score (nSPS) is 12.8. The molecule has 0 aromatic rings. The number of carbonyl (C=O) groups excluding carboxylic acids is 2.